The predicted molar refractivity (Wildman–Crippen MR) is 118 cm³/mol. The lowest BCUT2D eigenvalue weighted by Crippen LogP contribution is -2.37. The zero-order chi connectivity index (χ0) is 20.9. The molecule has 1 amide bonds. The lowest BCUT2D eigenvalue weighted by atomic mass is 9.95. The standard InChI is InChI=1S/C25H32N2O3/c1-18-6-5-11-27(15-18)16-20-8-4-3-7-19(20)14-26-25(28)22-12-21-13-23(29-2)9-10-24(21)30-17-22/h3-4,7-10,13,18,22H,5-6,11-12,14-17H2,1-2H3,(H,26,28). The second-order valence-corrected chi connectivity index (χ2v) is 8.65. The van der Waals surface area contributed by atoms with Gasteiger partial charge in [-0.2, -0.15) is 0 Å². The van der Waals surface area contributed by atoms with Gasteiger partial charge < -0.3 is 14.8 Å². The van der Waals surface area contributed by atoms with Crippen molar-refractivity contribution < 1.29 is 14.3 Å². The van der Waals surface area contributed by atoms with Crippen molar-refractivity contribution in [2.45, 2.75) is 39.3 Å². The second kappa shape index (κ2) is 9.52. The largest absolute Gasteiger partial charge is 0.497 e. The third-order valence-electron chi connectivity index (χ3n) is 6.25. The molecule has 30 heavy (non-hydrogen) atoms. The average Bonchev–Trinajstić information content (AvgIpc) is 2.77. The highest BCUT2D eigenvalue weighted by Gasteiger charge is 2.26. The molecule has 1 fully saturated rings. The van der Waals surface area contributed by atoms with Crippen LogP contribution in [0, 0.1) is 11.8 Å². The lowest BCUT2D eigenvalue weighted by molar-refractivity contribution is -0.126. The molecule has 0 saturated carbocycles. The van der Waals surface area contributed by atoms with E-state index in [-0.39, 0.29) is 11.8 Å². The average molecular weight is 409 g/mol. The van der Waals surface area contributed by atoms with Crippen LogP contribution >= 0.6 is 0 Å². The molecular formula is C25H32N2O3. The van der Waals surface area contributed by atoms with E-state index in [1.807, 2.05) is 18.2 Å². The molecule has 0 radical (unpaired) electrons. The summed E-state index contributed by atoms with van der Waals surface area (Å²) in [6.45, 7) is 6.57. The van der Waals surface area contributed by atoms with Crippen LogP contribution < -0.4 is 14.8 Å². The zero-order valence-electron chi connectivity index (χ0n) is 18.0. The maximum absolute atomic E-state index is 12.8. The van der Waals surface area contributed by atoms with Crippen molar-refractivity contribution in [1.29, 1.82) is 0 Å². The Labute approximate surface area is 179 Å². The van der Waals surface area contributed by atoms with Crippen LogP contribution in [0.2, 0.25) is 0 Å². The summed E-state index contributed by atoms with van der Waals surface area (Å²) in [5.41, 5.74) is 3.53. The minimum atomic E-state index is -0.181. The van der Waals surface area contributed by atoms with Gasteiger partial charge in [0.15, 0.2) is 0 Å². The van der Waals surface area contributed by atoms with E-state index < -0.39 is 0 Å². The first-order chi connectivity index (χ1) is 14.6. The molecule has 0 bridgehead atoms. The Hall–Kier alpha value is -2.53. The Morgan fingerprint density at radius 1 is 1.23 bits per heavy atom. The van der Waals surface area contributed by atoms with Crippen molar-refractivity contribution >= 4 is 5.91 Å². The van der Waals surface area contributed by atoms with Gasteiger partial charge in [-0.05, 0) is 66.6 Å². The fourth-order valence-electron chi connectivity index (χ4n) is 4.55. The number of nitrogens with one attached hydrogen (secondary N) is 1. The van der Waals surface area contributed by atoms with Gasteiger partial charge in [0, 0.05) is 19.6 Å². The zero-order valence-corrected chi connectivity index (χ0v) is 18.0. The number of carbonyl (C=O) groups excluding carboxylic acids is 1. The monoisotopic (exact) mass is 408 g/mol. The van der Waals surface area contributed by atoms with E-state index in [0.717, 1.165) is 42.6 Å². The fraction of sp³-hybridized carbons (Fsp3) is 0.480. The van der Waals surface area contributed by atoms with Gasteiger partial charge >= 0.3 is 0 Å². The third kappa shape index (κ3) is 4.96. The number of nitrogens with zero attached hydrogens (tertiary/aromatic N) is 1. The van der Waals surface area contributed by atoms with E-state index in [1.54, 1.807) is 7.11 Å². The van der Waals surface area contributed by atoms with Gasteiger partial charge in [0.25, 0.3) is 0 Å². The van der Waals surface area contributed by atoms with Gasteiger partial charge in [-0.15, -0.1) is 0 Å². The molecule has 5 heteroatoms. The molecular weight excluding hydrogens is 376 g/mol. The topological polar surface area (TPSA) is 50.8 Å². The maximum atomic E-state index is 12.8. The highest BCUT2D eigenvalue weighted by atomic mass is 16.5. The Kier molecular flexibility index (Phi) is 6.58. The molecule has 0 aromatic heterocycles. The number of methoxy groups -OCH3 is 1. The summed E-state index contributed by atoms with van der Waals surface area (Å²) in [5.74, 6) is 2.27. The quantitative estimate of drug-likeness (QED) is 0.790. The minimum absolute atomic E-state index is 0.0462. The summed E-state index contributed by atoms with van der Waals surface area (Å²) in [7, 11) is 1.65. The summed E-state index contributed by atoms with van der Waals surface area (Å²) < 4.78 is 11.1. The summed E-state index contributed by atoms with van der Waals surface area (Å²) in [6, 6.07) is 14.2. The van der Waals surface area contributed by atoms with Crippen LogP contribution in [0.15, 0.2) is 42.5 Å². The first-order valence-corrected chi connectivity index (χ1v) is 11.0. The molecule has 0 spiro atoms. The van der Waals surface area contributed by atoms with Gasteiger partial charge in [0.2, 0.25) is 5.91 Å². The van der Waals surface area contributed by atoms with Crippen LogP contribution in [0.25, 0.3) is 0 Å². The molecule has 2 aromatic rings. The van der Waals surface area contributed by atoms with Crippen LogP contribution in [0.5, 0.6) is 11.5 Å². The molecule has 1 N–H and O–H groups in total. The van der Waals surface area contributed by atoms with Gasteiger partial charge in [0.05, 0.1) is 13.0 Å². The van der Waals surface area contributed by atoms with Gasteiger partial charge in [0.1, 0.15) is 18.1 Å². The second-order valence-electron chi connectivity index (χ2n) is 8.65. The van der Waals surface area contributed by atoms with Crippen molar-refractivity contribution in [3.8, 4) is 11.5 Å². The number of carbonyl (C=O) groups is 1. The Bertz CT molecular complexity index is 882. The van der Waals surface area contributed by atoms with Crippen molar-refractivity contribution in [3.05, 3.63) is 59.2 Å². The van der Waals surface area contributed by atoms with Crippen molar-refractivity contribution in [2.24, 2.45) is 11.8 Å². The number of hydrogen-bond acceptors (Lipinski definition) is 4. The molecule has 2 heterocycles. The molecule has 1 saturated heterocycles. The normalized spacial score (nSPS) is 21.4. The number of hydrogen-bond donors (Lipinski definition) is 1. The van der Waals surface area contributed by atoms with E-state index in [0.29, 0.717) is 19.6 Å². The summed E-state index contributed by atoms with van der Waals surface area (Å²) in [5, 5.41) is 3.15. The van der Waals surface area contributed by atoms with E-state index in [2.05, 4.69) is 41.4 Å². The molecule has 160 valence electrons. The molecule has 4 rings (SSSR count). The predicted octanol–water partition coefficient (Wildman–Crippen LogP) is 3.79. The number of rotatable bonds is 6. The number of fused-ring (bicyclic) bond motifs is 1. The van der Waals surface area contributed by atoms with Crippen LogP contribution in [0.3, 0.4) is 0 Å². The number of benzene rings is 2. The summed E-state index contributed by atoms with van der Waals surface area (Å²) >= 11 is 0. The van der Waals surface area contributed by atoms with E-state index >= 15 is 0 Å². The SMILES string of the molecule is COc1ccc2c(c1)CC(C(=O)NCc1ccccc1CN1CCCC(C)C1)CO2. The van der Waals surface area contributed by atoms with Crippen LogP contribution in [-0.4, -0.2) is 37.6 Å². The molecule has 2 aromatic carbocycles. The lowest BCUT2D eigenvalue weighted by Gasteiger charge is -2.31. The van der Waals surface area contributed by atoms with E-state index in [9.17, 15) is 4.79 Å². The smallest absolute Gasteiger partial charge is 0.227 e. The summed E-state index contributed by atoms with van der Waals surface area (Å²) in [6.07, 6.45) is 3.27. The molecule has 0 aliphatic carbocycles. The summed E-state index contributed by atoms with van der Waals surface area (Å²) in [4.78, 5) is 15.4. The number of amides is 1. The molecule has 2 aliphatic rings. The van der Waals surface area contributed by atoms with Crippen molar-refractivity contribution in [1.82, 2.24) is 10.2 Å². The number of piperidine rings is 1. The molecule has 2 atom stereocenters. The minimum Gasteiger partial charge on any atom is -0.497 e. The third-order valence-corrected chi connectivity index (χ3v) is 6.25. The number of ether oxygens (including phenoxy) is 2. The molecule has 2 aliphatic heterocycles. The van der Waals surface area contributed by atoms with Gasteiger partial charge in [-0.25, -0.2) is 0 Å². The number of likely N-dealkylation sites (tertiary alicyclic amines) is 1. The first-order valence-electron chi connectivity index (χ1n) is 11.0. The molecule has 5 nitrogen and oxygen atoms in total. The maximum Gasteiger partial charge on any atom is 0.227 e. The first kappa shape index (κ1) is 20.7. The van der Waals surface area contributed by atoms with Gasteiger partial charge in [-0.1, -0.05) is 31.2 Å². The van der Waals surface area contributed by atoms with Crippen LogP contribution in [0.4, 0.5) is 0 Å². The van der Waals surface area contributed by atoms with Crippen molar-refractivity contribution in [3.63, 3.8) is 0 Å². The van der Waals surface area contributed by atoms with Crippen molar-refractivity contribution in [2.75, 3.05) is 26.8 Å². The Morgan fingerprint density at radius 3 is 2.87 bits per heavy atom. The Balaban J connectivity index is 1.36. The van der Waals surface area contributed by atoms with Gasteiger partial charge in [-0.3, -0.25) is 9.69 Å². The highest BCUT2D eigenvalue weighted by molar-refractivity contribution is 5.79. The highest BCUT2D eigenvalue weighted by Crippen LogP contribution is 2.30. The Morgan fingerprint density at radius 2 is 2.07 bits per heavy atom. The van der Waals surface area contributed by atoms with Crippen LogP contribution in [-0.2, 0) is 24.3 Å². The molecule has 2 unspecified atom stereocenters. The van der Waals surface area contributed by atoms with E-state index in [1.165, 1.54) is 24.0 Å². The van der Waals surface area contributed by atoms with E-state index in [4.69, 9.17) is 9.47 Å². The fourth-order valence-corrected chi connectivity index (χ4v) is 4.55. The van der Waals surface area contributed by atoms with Crippen LogP contribution in [0.1, 0.15) is 36.5 Å².